The number of ether oxygens (including phenoxy) is 3. The average Bonchev–Trinajstić information content (AvgIpc) is 2.66. The van der Waals surface area contributed by atoms with Crippen LogP contribution in [0.4, 0.5) is 11.4 Å². The summed E-state index contributed by atoms with van der Waals surface area (Å²) in [6.07, 6.45) is 1.11. The van der Waals surface area contributed by atoms with Gasteiger partial charge >= 0.3 is 0 Å². The Morgan fingerprint density at radius 3 is 2.39 bits per heavy atom. The average molecular weight is 408 g/mol. The van der Waals surface area contributed by atoms with Gasteiger partial charge < -0.3 is 24.8 Å². The molecule has 8 nitrogen and oxygen atoms in total. The molecular formula is C19H24N2O6S. The fourth-order valence-corrected chi connectivity index (χ4v) is 3.37. The van der Waals surface area contributed by atoms with Gasteiger partial charge in [0.25, 0.3) is 0 Å². The van der Waals surface area contributed by atoms with Gasteiger partial charge in [-0.2, -0.15) is 0 Å². The number of carbonyl (C=O) groups excluding carboxylic acids is 1. The Morgan fingerprint density at radius 2 is 1.79 bits per heavy atom. The van der Waals surface area contributed by atoms with Crippen molar-refractivity contribution in [2.75, 3.05) is 44.3 Å². The predicted octanol–water partition coefficient (Wildman–Crippen LogP) is 2.56. The van der Waals surface area contributed by atoms with E-state index in [2.05, 4.69) is 10.6 Å². The van der Waals surface area contributed by atoms with E-state index < -0.39 is 9.84 Å². The zero-order chi connectivity index (χ0) is 20.7. The van der Waals surface area contributed by atoms with E-state index in [4.69, 9.17) is 14.2 Å². The minimum Gasteiger partial charge on any atom is -0.493 e. The summed E-state index contributed by atoms with van der Waals surface area (Å²) in [5, 5.41) is 5.66. The molecule has 2 rings (SSSR count). The van der Waals surface area contributed by atoms with Crippen LogP contribution in [0.15, 0.2) is 41.3 Å². The largest absolute Gasteiger partial charge is 0.493 e. The number of benzene rings is 2. The maximum atomic E-state index is 12.3. The van der Waals surface area contributed by atoms with Gasteiger partial charge in [-0.05, 0) is 31.2 Å². The Hall–Kier alpha value is -2.94. The van der Waals surface area contributed by atoms with E-state index in [1.165, 1.54) is 20.3 Å². The zero-order valence-electron chi connectivity index (χ0n) is 16.2. The van der Waals surface area contributed by atoms with Crippen LogP contribution in [0.1, 0.15) is 6.92 Å². The van der Waals surface area contributed by atoms with E-state index in [0.717, 1.165) is 6.26 Å². The van der Waals surface area contributed by atoms with Gasteiger partial charge in [0, 0.05) is 18.0 Å². The summed E-state index contributed by atoms with van der Waals surface area (Å²) in [6, 6.07) is 9.73. The van der Waals surface area contributed by atoms with E-state index >= 15 is 0 Å². The number of amides is 1. The zero-order valence-corrected chi connectivity index (χ0v) is 17.1. The highest BCUT2D eigenvalue weighted by molar-refractivity contribution is 7.90. The first kappa shape index (κ1) is 21.4. The SMILES string of the molecule is CCOc1c(NCC(=O)Nc2ccc(OC)c(OC)c2)cccc1S(C)(=O)=O. The molecule has 0 bridgehead atoms. The molecule has 2 aromatic carbocycles. The van der Waals surface area contributed by atoms with Crippen molar-refractivity contribution in [3.05, 3.63) is 36.4 Å². The summed E-state index contributed by atoms with van der Waals surface area (Å²) in [6.45, 7) is 1.97. The molecule has 0 radical (unpaired) electrons. The molecule has 0 aliphatic carbocycles. The molecule has 0 spiro atoms. The molecule has 0 saturated carbocycles. The maximum Gasteiger partial charge on any atom is 0.243 e. The third-order valence-electron chi connectivity index (χ3n) is 3.77. The molecular weight excluding hydrogens is 384 g/mol. The number of nitrogens with one attached hydrogen (secondary N) is 2. The van der Waals surface area contributed by atoms with E-state index in [9.17, 15) is 13.2 Å². The second-order valence-corrected chi connectivity index (χ2v) is 7.79. The van der Waals surface area contributed by atoms with Crippen molar-refractivity contribution in [2.24, 2.45) is 0 Å². The molecule has 2 N–H and O–H groups in total. The van der Waals surface area contributed by atoms with Gasteiger partial charge in [-0.3, -0.25) is 4.79 Å². The van der Waals surface area contributed by atoms with Crippen molar-refractivity contribution >= 4 is 27.1 Å². The van der Waals surface area contributed by atoms with Crippen molar-refractivity contribution in [3.63, 3.8) is 0 Å². The lowest BCUT2D eigenvalue weighted by Crippen LogP contribution is -2.22. The van der Waals surface area contributed by atoms with Crippen LogP contribution in [0.3, 0.4) is 0 Å². The highest BCUT2D eigenvalue weighted by Gasteiger charge is 2.18. The number of hydrogen-bond donors (Lipinski definition) is 2. The van der Waals surface area contributed by atoms with Crippen molar-refractivity contribution < 1.29 is 27.4 Å². The molecule has 1 amide bonds. The van der Waals surface area contributed by atoms with Crippen LogP contribution in [-0.4, -0.2) is 48.0 Å². The van der Waals surface area contributed by atoms with Gasteiger partial charge in [-0.15, -0.1) is 0 Å². The van der Waals surface area contributed by atoms with Crippen LogP contribution in [0.2, 0.25) is 0 Å². The maximum absolute atomic E-state index is 12.3. The standard InChI is InChI=1S/C19H24N2O6S/c1-5-27-19-14(7-6-8-17(19)28(4,23)24)20-12-18(22)21-13-9-10-15(25-2)16(11-13)26-3/h6-11,20H,5,12H2,1-4H3,(H,21,22). The Labute approximate surface area is 164 Å². The summed E-state index contributed by atoms with van der Waals surface area (Å²) in [5.41, 5.74) is 0.964. The lowest BCUT2D eigenvalue weighted by atomic mass is 10.2. The van der Waals surface area contributed by atoms with Crippen molar-refractivity contribution in [2.45, 2.75) is 11.8 Å². The summed E-state index contributed by atoms with van der Waals surface area (Å²) in [4.78, 5) is 12.4. The van der Waals surface area contributed by atoms with Crippen molar-refractivity contribution in [1.82, 2.24) is 0 Å². The van der Waals surface area contributed by atoms with E-state index in [0.29, 0.717) is 29.5 Å². The first-order chi connectivity index (χ1) is 13.3. The van der Waals surface area contributed by atoms with Gasteiger partial charge in [-0.1, -0.05) is 6.07 Å². The van der Waals surface area contributed by atoms with E-state index in [-0.39, 0.29) is 23.1 Å². The van der Waals surface area contributed by atoms with Gasteiger partial charge in [0.2, 0.25) is 5.91 Å². The molecule has 0 aliphatic rings. The Bertz CT molecular complexity index is 943. The fraction of sp³-hybridized carbons (Fsp3) is 0.316. The smallest absolute Gasteiger partial charge is 0.243 e. The van der Waals surface area contributed by atoms with Crippen LogP contribution < -0.4 is 24.8 Å². The number of sulfone groups is 1. The Kier molecular flexibility index (Phi) is 7.11. The monoisotopic (exact) mass is 408 g/mol. The second kappa shape index (κ2) is 9.32. The quantitative estimate of drug-likeness (QED) is 0.657. The number of rotatable bonds is 9. The van der Waals surface area contributed by atoms with Crippen LogP contribution in [-0.2, 0) is 14.6 Å². The molecule has 28 heavy (non-hydrogen) atoms. The minimum absolute atomic E-state index is 0.0691. The van der Waals surface area contributed by atoms with Gasteiger partial charge in [0.05, 0.1) is 33.1 Å². The molecule has 0 saturated heterocycles. The molecule has 152 valence electrons. The van der Waals surface area contributed by atoms with Gasteiger partial charge in [0.1, 0.15) is 4.90 Å². The second-order valence-electron chi connectivity index (χ2n) is 5.81. The number of methoxy groups -OCH3 is 2. The first-order valence-corrected chi connectivity index (χ1v) is 10.4. The summed E-state index contributed by atoms with van der Waals surface area (Å²) < 4.78 is 39.8. The third-order valence-corrected chi connectivity index (χ3v) is 4.89. The van der Waals surface area contributed by atoms with Gasteiger partial charge in [0.15, 0.2) is 27.1 Å². The predicted molar refractivity (Wildman–Crippen MR) is 107 cm³/mol. The van der Waals surface area contributed by atoms with Crippen LogP contribution in [0.5, 0.6) is 17.2 Å². The molecule has 0 heterocycles. The fourth-order valence-electron chi connectivity index (χ4n) is 2.53. The van der Waals surface area contributed by atoms with Crippen molar-refractivity contribution in [1.29, 1.82) is 0 Å². The van der Waals surface area contributed by atoms with Crippen LogP contribution in [0.25, 0.3) is 0 Å². The molecule has 2 aromatic rings. The van der Waals surface area contributed by atoms with Crippen LogP contribution in [0, 0.1) is 0 Å². The number of para-hydroxylation sites is 1. The lowest BCUT2D eigenvalue weighted by molar-refractivity contribution is -0.114. The topological polar surface area (TPSA) is 103 Å². The van der Waals surface area contributed by atoms with E-state index in [1.54, 1.807) is 37.3 Å². The molecule has 0 aromatic heterocycles. The number of anilines is 2. The highest BCUT2D eigenvalue weighted by Crippen LogP contribution is 2.33. The number of hydrogen-bond acceptors (Lipinski definition) is 7. The third kappa shape index (κ3) is 5.29. The highest BCUT2D eigenvalue weighted by atomic mass is 32.2. The molecule has 9 heteroatoms. The Balaban J connectivity index is 2.13. The molecule has 0 fully saturated rings. The molecule has 0 unspecified atom stereocenters. The summed E-state index contributed by atoms with van der Waals surface area (Å²) in [5.74, 6) is 0.927. The molecule has 0 aliphatic heterocycles. The molecule has 0 atom stereocenters. The Morgan fingerprint density at radius 1 is 1.07 bits per heavy atom. The normalized spacial score (nSPS) is 10.9. The van der Waals surface area contributed by atoms with Crippen molar-refractivity contribution in [3.8, 4) is 17.2 Å². The summed E-state index contributed by atoms with van der Waals surface area (Å²) >= 11 is 0. The van der Waals surface area contributed by atoms with Gasteiger partial charge in [-0.25, -0.2) is 8.42 Å². The minimum atomic E-state index is -3.47. The number of carbonyl (C=O) groups is 1. The first-order valence-electron chi connectivity index (χ1n) is 8.51. The lowest BCUT2D eigenvalue weighted by Gasteiger charge is -2.15. The van der Waals surface area contributed by atoms with Crippen LogP contribution >= 0.6 is 0 Å². The van der Waals surface area contributed by atoms with E-state index in [1.807, 2.05) is 0 Å². The summed E-state index contributed by atoms with van der Waals surface area (Å²) in [7, 11) is -0.434.